The third kappa shape index (κ3) is 5.48. The highest BCUT2D eigenvalue weighted by molar-refractivity contribution is 5.19. The minimum absolute atomic E-state index is 0.106. The first kappa shape index (κ1) is 16.6. The Morgan fingerprint density at radius 2 is 1.90 bits per heavy atom. The van der Waals surface area contributed by atoms with Crippen LogP contribution in [0.25, 0.3) is 0 Å². The van der Waals surface area contributed by atoms with E-state index >= 15 is 0 Å². The van der Waals surface area contributed by atoms with Crippen molar-refractivity contribution in [3.8, 4) is 0 Å². The average Bonchev–Trinajstić information content (AvgIpc) is 2.76. The molecule has 0 radical (unpaired) electrons. The van der Waals surface area contributed by atoms with Crippen LogP contribution in [-0.2, 0) is 17.9 Å². The van der Waals surface area contributed by atoms with E-state index in [-0.39, 0.29) is 5.54 Å². The molecule has 0 amide bonds. The number of nitrogens with one attached hydrogen (secondary N) is 1. The number of hydrogen-bond donors (Lipinski definition) is 1. The minimum atomic E-state index is 0.106. The lowest BCUT2D eigenvalue weighted by Gasteiger charge is -2.25. The van der Waals surface area contributed by atoms with E-state index in [1.54, 1.807) is 0 Å². The molecule has 1 fully saturated rings. The van der Waals surface area contributed by atoms with Gasteiger partial charge in [-0.1, -0.05) is 6.92 Å². The van der Waals surface area contributed by atoms with Crippen LogP contribution in [0.15, 0.2) is 10.5 Å². The van der Waals surface area contributed by atoms with Crippen LogP contribution < -0.4 is 5.32 Å². The van der Waals surface area contributed by atoms with E-state index in [9.17, 15) is 0 Å². The first-order chi connectivity index (χ1) is 9.83. The molecule has 21 heavy (non-hydrogen) atoms. The molecular weight excluding hydrogens is 262 g/mol. The second-order valence-corrected chi connectivity index (χ2v) is 7.62. The maximum Gasteiger partial charge on any atom is 0.130 e. The van der Waals surface area contributed by atoms with Gasteiger partial charge in [0.05, 0.1) is 12.6 Å². The summed E-state index contributed by atoms with van der Waals surface area (Å²) in [5.74, 6) is 2.85. The Balaban J connectivity index is 1.81. The standard InChI is InChI=1S/C18H31NO2/c1-13-6-8-15(9-7-13)20-12-16-10-14(2)17(21-16)11-19-18(3,4)5/h10,13,15,19H,6-9,11-12H2,1-5H3. The zero-order chi connectivity index (χ0) is 15.5. The van der Waals surface area contributed by atoms with Gasteiger partial charge < -0.3 is 14.5 Å². The Bertz CT molecular complexity index is 437. The van der Waals surface area contributed by atoms with Crippen molar-refractivity contribution in [2.24, 2.45) is 5.92 Å². The van der Waals surface area contributed by atoms with Crippen molar-refractivity contribution in [1.29, 1.82) is 0 Å². The van der Waals surface area contributed by atoms with Gasteiger partial charge in [0.2, 0.25) is 0 Å². The van der Waals surface area contributed by atoms with Crippen LogP contribution >= 0.6 is 0 Å². The SMILES string of the molecule is Cc1cc(COC2CCC(C)CC2)oc1CNC(C)(C)C. The maximum atomic E-state index is 6.02. The number of aryl methyl sites for hydroxylation is 1. The molecule has 1 aromatic rings. The molecule has 0 bridgehead atoms. The van der Waals surface area contributed by atoms with Gasteiger partial charge in [-0.25, -0.2) is 0 Å². The van der Waals surface area contributed by atoms with E-state index < -0.39 is 0 Å². The van der Waals surface area contributed by atoms with Crippen LogP contribution in [0.3, 0.4) is 0 Å². The number of ether oxygens (including phenoxy) is 1. The van der Waals surface area contributed by atoms with Crippen LogP contribution in [0.1, 0.15) is 70.5 Å². The fourth-order valence-electron chi connectivity index (χ4n) is 2.78. The molecule has 1 N–H and O–H groups in total. The molecular formula is C18H31NO2. The molecule has 1 aliphatic rings. The van der Waals surface area contributed by atoms with E-state index in [1.165, 1.54) is 31.2 Å². The molecule has 1 saturated carbocycles. The second kappa shape index (κ2) is 6.97. The Labute approximate surface area is 129 Å². The summed E-state index contributed by atoms with van der Waals surface area (Å²) in [6, 6.07) is 2.12. The third-order valence-corrected chi connectivity index (χ3v) is 4.28. The van der Waals surface area contributed by atoms with Crippen molar-refractivity contribution < 1.29 is 9.15 Å². The topological polar surface area (TPSA) is 34.4 Å². The van der Waals surface area contributed by atoms with E-state index in [1.807, 2.05) is 0 Å². The quantitative estimate of drug-likeness (QED) is 0.863. The fourth-order valence-corrected chi connectivity index (χ4v) is 2.78. The van der Waals surface area contributed by atoms with Gasteiger partial charge in [-0.15, -0.1) is 0 Å². The highest BCUT2D eigenvalue weighted by atomic mass is 16.5. The van der Waals surface area contributed by atoms with Crippen molar-refractivity contribution in [1.82, 2.24) is 5.32 Å². The van der Waals surface area contributed by atoms with Gasteiger partial charge in [-0.3, -0.25) is 0 Å². The van der Waals surface area contributed by atoms with Crippen LogP contribution in [0, 0.1) is 12.8 Å². The predicted octanol–water partition coefficient (Wildman–Crippen LogP) is 4.57. The van der Waals surface area contributed by atoms with Crippen molar-refractivity contribution in [2.45, 2.75) is 85.1 Å². The first-order valence-electron chi connectivity index (χ1n) is 8.28. The summed E-state index contributed by atoms with van der Waals surface area (Å²) in [7, 11) is 0. The lowest BCUT2D eigenvalue weighted by molar-refractivity contribution is 0.000870. The number of hydrogen-bond acceptors (Lipinski definition) is 3. The molecule has 1 heterocycles. The highest BCUT2D eigenvalue weighted by Gasteiger charge is 2.19. The maximum absolute atomic E-state index is 6.02. The summed E-state index contributed by atoms with van der Waals surface area (Å²) in [5, 5.41) is 3.47. The molecule has 0 aromatic carbocycles. The molecule has 0 aliphatic heterocycles. The van der Waals surface area contributed by atoms with E-state index in [0.717, 1.165) is 24.0 Å². The molecule has 1 aromatic heterocycles. The zero-order valence-corrected chi connectivity index (χ0v) is 14.3. The largest absolute Gasteiger partial charge is 0.462 e. The Kier molecular flexibility index (Phi) is 5.50. The van der Waals surface area contributed by atoms with Crippen molar-refractivity contribution >= 4 is 0 Å². The monoisotopic (exact) mass is 293 g/mol. The number of rotatable bonds is 5. The van der Waals surface area contributed by atoms with Gasteiger partial charge >= 0.3 is 0 Å². The third-order valence-electron chi connectivity index (χ3n) is 4.28. The van der Waals surface area contributed by atoms with Gasteiger partial charge in [0.15, 0.2) is 0 Å². The summed E-state index contributed by atoms with van der Waals surface area (Å²) in [4.78, 5) is 0. The molecule has 3 heteroatoms. The molecule has 0 unspecified atom stereocenters. The van der Waals surface area contributed by atoms with E-state index in [2.05, 4.69) is 46.0 Å². The van der Waals surface area contributed by atoms with Crippen LogP contribution in [0.2, 0.25) is 0 Å². The minimum Gasteiger partial charge on any atom is -0.462 e. The lowest BCUT2D eigenvalue weighted by atomic mass is 9.89. The Hall–Kier alpha value is -0.800. The zero-order valence-electron chi connectivity index (χ0n) is 14.3. The van der Waals surface area contributed by atoms with Crippen molar-refractivity contribution in [3.63, 3.8) is 0 Å². The fraction of sp³-hybridized carbons (Fsp3) is 0.778. The molecule has 0 saturated heterocycles. The summed E-state index contributed by atoms with van der Waals surface area (Å²) in [5.41, 5.74) is 1.32. The highest BCUT2D eigenvalue weighted by Crippen LogP contribution is 2.26. The summed E-state index contributed by atoms with van der Waals surface area (Å²) >= 11 is 0. The molecule has 3 nitrogen and oxygen atoms in total. The van der Waals surface area contributed by atoms with Gasteiger partial charge in [0, 0.05) is 5.54 Å². The summed E-state index contributed by atoms with van der Waals surface area (Å²) in [6.45, 7) is 12.3. The Morgan fingerprint density at radius 1 is 1.24 bits per heavy atom. The smallest absolute Gasteiger partial charge is 0.130 e. The van der Waals surface area contributed by atoms with Crippen LogP contribution in [0.5, 0.6) is 0 Å². The summed E-state index contributed by atoms with van der Waals surface area (Å²) < 4.78 is 12.0. The van der Waals surface area contributed by atoms with Gasteiger partial charge in [-0.2, -0.15) is 0 Å². The number of furan rings is 1. The summed E-state index contributed by atoms with van der Waals surface area (Å²) in [6.07, 6.45) is 5.40. The van der Waals surface area contributed by atoms with Crippen molar-refractivity contribution in [3.05, 3.63) is 23.2 Å². The Morgan fingerprint density at radius 3 is 2.52 bits per heavy atom. The first-order valence-corrected chi connectivity index (χ1v) is 8.28. The normalized spacial score (nSPS) is 23.5. The van der Waals surface area contributed by atoms with Gasteiger partial charge in [0.25, 0.3) is 0 Å². The second-order valence-electron chi connectivity index (χ2n) is 7.62. The van der Waals surface area contributed by atoms with Crippen molar-refractivity contribution in [2.75, 3.05) is 0 Å². The van der Waals surface area contributed by atoms with Crippen LogP contribution in [-0.4, -0.2) is 11.6 Å². The molecule has 120 valence electrons. The van der Waals surface area contributed by atoms with E-state index in [0.29, 0.717) is 12.7 Å². The lowest BCUT2D eigenvalue weighted by Crippen LogP contribution is -2.35. The molecule has 1 aliphatic carbocycles. The average molecular weight is 293 g/mol. The molecule has 0 atom stereocenters. The molecule has 2 rings (SSSR count). The van der Waals surface area contributed by atoms with Gasteiger partial charge in [0.1, 0.15) is 18.1 Å². The van der Waals surface area contributed by atoms with Gasteiger partial charge in [-0.05, 0) is 70.9 Å². The molecule has 0 spiro atoms. The van der Waals surface area contributed by atoms with Crippen LogP contribution in [0.4, 0.5) is 0 Å². The van der Waals surface area contributed by atoms with E-state index in [4.69, 9.17) is 9.15 Å². The predicted molar refractivity (Wildman–Crippen MR) is 86.2 cm³/mol.